The van der Waals surface area contributed by atoms with Gasteiger partial charge in [0.15, 0.2) is 0 Å². The van der Waals surface area contributed by atoms with Gasteiger partial charge in [-0.1, -0.05) is 18.2 Å². The first-order chi connectivity index (χ1) is 14.6. The molecule has 1 N–H and O–H groups in total. The van der Waals surface area contributed by atoms with Crippen molar-refractivity contribution in [2.75, 3.05) is 18.0 Å². The predicted molar refractivity (Wildman–Crippen MR) is 112 cm³/mol. The monoisotopic (exact) mass is 487 g/mol. The molecule has 12 heteroatoms. The average Bonchev–Trinajstić information content (AvgIpc) is 3.27. The third-order valence-corrected chi connectivity index (χ3v) is 7.34. The van der Waals surface area contributed by atoms with E-state index in [0.29, 0.717) is 43.0 Å². The van der Waals surface area contributed by atoms with Crippen LogP contribution in [0.15, 0.2) is 47.4 Å². The lowest BCUT2D eigenvalue weighted by Gasteiger charge is -2.38. The van der Waals surface area contributed by atoms with Crippen LogP contribution in [0.4, 0.5) is 19.1 Å². The summed E-state index contributed by atoms with van der Waals surface area (Å²) in [6.45, 7) is 0.990. The number of nitrogens with zero attached hydrogens (tertiary/aromatic N) is 2. The Morgan fingerprint density at radius 2 is 1.78 bits per heavy atom. The molecule has 0 unspecified atom stereocenters. The average molecular weight is 488 g/mol. The zero-order valence-corrected chi connectivity index (χ0v) is 18.0. The molecular weight excluding hydrogens is 471 g/mol. The number of aromatic nitrogens is 2. The number of hydrogen-bond acceptors (Lipinski definition) is 6. The van der Waals surface area contributed by atoms with Gasteiger partial charge in [0, 0.05) is 31.5 Å². The Morgan fingerprint density at radius 3 is 2.47 bits per heavy atom. The van der Waals surface area contributed by atoms with E-state index in [-0.39, 0.29) is 23.9 Å². The second-order valence-electron chi connectivity index (χ2n) is 7.60. The van der Waals surface area contributed by atoms with Crippen LogP contribution in [0.25, 0.3) is 11.0 Å². The third kappa shape index (κ3) is 3.30. The summed E-state index contributed by atoms with van der Waals surface area (Å²) in [7, 11) is -5.45. The van der Waals surface area contributed by atoms with Crippen molar-refractivity contribution in [2.24, 2.45) is 0 Å². The first-order valence-electron chi connectivity index (χ1n) is 9.50. The largest absolute Gasteiger partial charge is 0.501 e. The molecule has 5 rings (SSSR count). The molecule has 0 saturated carbocycles. The second kappa shape index (κ2) is 7.38. The van der Waals surface area contributed by atoms with Gasteiger partial charge in [-0.3, -0.25) is 0 Å². The molecule has 3 heterocycles. The number of imidazole rings is 1. The van der Waals surface area contributed by atoms with E-state index in [9.17, 15) is 26.4 Å². The number of H-pyrrole nitrogens is 1. The number of esters is 1. The highest BCUT2D eigenvalue weighted by atomic mass is 35.5. The van der Waals surface area contributed by atoms with Crippen LogP contribution in [0, 0.1) is 0 Å². The van der Waals surface area contributed by atoms with Gasteiger partial charge in [0.1, 0.15) is 5.60 Å². The Balaban J connectivity index is 0.00000245. The zero-order chi connectivity index (χ0) is 22.0. The van der Waals surface area contributed by atoms with E-state index >= 15 is 0 Å². The maximum atomic E-state index is 12.8. The first-order valence-corrected chi connectivity index (χ1v) is 11.0. The van der Waals surface area contributed by atoms with Crippen molar-refractivity contribution in [3.63, 3.8) is 0 Å². The fraction of sp³-hybridized carbons (Fsp3) is 0.300. The van der Waals surface area contributed by atoms with Crippen molar-refractivity contribution in [1.29, 1.82) is 0 Å². The molecule has 32 heavy (non-hydrogen) atoms. The Kier molecular flexibility index (Phi) is 5.17. The molecule has 7 nitrogen and oxygen atoms in total. The second-order valence-corrected chi connectivity index (χ2v) is 9.55. The van der Waals surface area contributed by atoms with Gasteiger partial charge in [0.2, 0.25) is 5.95 Å². The molecule has 0 radical (unpaired) electrons. The SMILES string of the molecule is Cl.O=C1OC2(CCN(c3nc4cc(S(=O)(=O)C(F)(F)F)ccc4[nH]3)CC2)c2ccccc21. The van der Waals surface area contributed by atoms with Crippen LogP contribution < -0.4 is 4.90 Å². The molecule has 2 aliphatic heterocycles. The molecular formula is C20H17ClF3N3O4S. The number of ether oxygens (including phenoxy) is 1. The number of piperidine rings is 1. The summed E-state index contributed by atoms with van der Waals surface area (Å²) in [6.07, 6.45) is 1.06. The van der Waals surface area contributed by atoms with Crippen molar-refractivity contribution in [3.05, 3.63) is 53.6 Å². The smallest absolute Gasteiger partial charge is 0.450 e. The number of carbonyl (C=O) groups is 1. The quantitative estimate of drug-likeness (QED) is 0.550. The lowest BCUT2D eigenvalue weighted by Crippen LogP contribution is -2.43. The zero-order valence-electron chi connectivity index (χ0n) is 16.3. The van der Waals surface area contributed by atoms with Gasteiger partial charge in [-0.25, -0.2) is 18.2 Å². The van der Waals surface area contributed by atoms with Crippen LogP contribution in [0.2, 0.25) is 0 Å². The van der Waals surface area contributed by atoms with Crippen molar-refractivity contribution in [1.82, 2.24) is 9.97 Å². The van der Waals surface area contributed by atoms with Crippen LogP contribution in [0.1, 0.15) is 28.8 Å². The highest BCUT2D eigenvalue weighted by Crippen LogP contribution is 2.44. The van der Waals surface area contributed by atoms with E-state index in [1.807, 2.05) is 17.0 Å². The number of nitrogens with one attached hydrogen (secondary N) is 1. The summed E-state index contributed by atoms with van der Waals surface area (Å²) in [5.74, 6) is 0.0789. The Hall–Kier alpha value is -2.79. The first kappa shape index (κ1) is 22.4. The van der Waals surface area contributed by atoms with Crippen LogP contribution in [-0.4, -0.2) is 43.0 Å². The molecule has 3 aromatic rings. The van der Waals surface area contributed by atoms with Crippen molar-refractivity contribution < 1.29 is 31.1 Å². The number of halogens is 4. The maximum absolute atomic E-state index is 12.8. The summed E-state index contributed by atoms with van der Waals surface area (Å²) in [5, 5.41) is 0. The van der Waals surface area contributed by atoms with E-state index in [4.69, 9.17) is 4.74 Å². The Bertz CT molecular complexity index is 1320. The Morgan fingerprint density at radius 1 is 1.09 bits per heavy atom. The van der Waals surface area contributed by atoms with Gasteiger partial charge in [0.25, 0.3) is 9.84 Å². The lowest BCUT2D eigenvalue weighted by molar-refractivity contribution is -0.0436. The van der Waals surface area contributed by atoms with E-state index < -0.39 is 25.8 Å². The fourth-order valence-electron chi connectivity index (χ4n) is 4.22. The lowest BCUT2D eigenvalue weighted by atomic mass is 9.84. The summed E-state index contributed by atoms with van der Waals surface area (Å²) >= 11 is 0. The van der Waals surface area contributed by atoms with Crippen molar-refractivity contribution in [3.8, 4) is 0 Å². The molecule has 2 aliphatic rings. The number of hydrogen-bond donors (Lipinski definition) is 1. The number of rotatable bonds is 2. The minimum Gasteiger partial charge on any atom is -0.450 e. The normalized spacial score (nSPS) is 17.8. The van der Waals surface area contributed by atoms with Crippen LogP contribution in [0.3, 0.4) is 0 Å². The number of anilines is 1. The van der Waals surface area contributed by atoms with Crippen molar-refractivity contribution in [2.45, 2.75) is 28.8 Å². The number of aromatic amines is 1. The van der Waals surface area contributed by atoms with Gasteiger partial charge in [-0.05, 0) is 24.3 Å². The molecule has 1 spiro atoms. The highest BCUT2D eigenvalue weighted by Gasteiger charge is 2.48. The molecule has 0 amide bonds. The van der Waals surface area contributed by atoms with E-state index in [0.717, 1.165) is 17.7 Å². The molecule has 2 aromatic carbocycles. The minimum absolute atomic E-state index is 0. The van der Waals surface area contributed by atoms with Crippen LogP contribution >= 0.6 is 12.4 Å². The molecule has 170 valence electrons. The van der Waals surface area contributed by atoms with Gasteiger partial charge >= 0.3 is 11.5 Å². The van der Waals surface area contributed by atoms with Crippen LogP contribution in [-0.2, 0) is 20.2 Å². The van der Waals surface area contributed by atoms with Gasteiger partial charge in [0.05, 0.1) is 21.5 Å². The minimum atomic E-state index is -5.45. The van der Waals surface area contributed by atoms with E-state index in [1.165, 1.54) is 6.07 Å². The summed E-state index contributed by atoms with van der Waals surface area (Å²) < 4.78 is 67.5. The van der Waals surface area contributed by atoms with Crippen LogP contribution in [0.5, 0.6) is 0 Å². The van der Waals surface area contributed by atoms with E-state index in [1.54, 1.807) is 12.1 Å². The van der Waals surface area contributed by atoms with Gasteiger partial charge in [-0.2, -0.15) is 13.2 Å². The predicted octanol–water partition coefficient (Wildman–Crippen LogP) is 3.94. The standard InChI is InChI=1S/C20H16F3N3O4S.ClH/c21-20(22,23)31(28,29)12-5-6-15-16(11-12)25-18(24-15)26-9-7-19(8-10-26)14-4-2-1-3-13(14)17(27)30-19;/h1-6,11H,7-10H2,(H,24,25);1H. The van der Waals surface area contributed by atoms with Gasteiger partial charge < -0.3 is 14.6 Å². The van der Waals surface area contributed by atoms with Gasteiger partial charge in [-0.15, -0.1) is 12.4 Å². The molecule has 1 fully saturated rings. The summed E-state index contributed by atoms with van der Waals surface area (Å²) in [4.78, 5) is 20.6. The number of fused-ring (bicyclic) bond motifs is 3. The number of sulfone groups is 1. The number of alkyl halides is 3. The Labute approximate surface area is 186 Å². The summed E-state index contributed by atoms with van der Waals surface area (Å²) in [5.41, 5.74) is -4.09. The third-order valence-electron chi connectivity index (χ3n) is 5.85. The topological polar surface area (TPSA) is 92.4 Å². The molecule has 0 atom stereocenters. The molecule has 1 aromatic heterocycles. The number of carbonyl (C=O) groups excluding carboxylic acids is 1. The molecule has 0 bridgehead atoms. The van der Waals surface area contributed by atoms with E-state index in [2.05, 4.69) is 9.97 Å². The highest BCUT2D eigenvalue weighted by molar-refractivity contribution is 7.92. The number of benzene rings is 2. The van der Waals surface area contributed by atoms with Crippen molar-refractivity contribution >= 4 is 45.2 Å². The molecule has 0 aliphatic carbocycles. The fourth-order valence-corrected chi connectivity index (χ4v) is 5.00. The summed E-state index contributed by atoms with van der Waals surface area (Å²) in [6, 6.07) is 10.4. The molecule has 1 saturated heterocycles. The maximum Gasteiger partial charge on any atom is 0.501 e.